The van der Waals surface area contributed by atoms with E-state index >= 15 is 0 Å². The fraction of sp³-hybridized carbons (Fsp3) is 0.238. The van der Waals surface area contributed by atoms with Gasteiger partial charge in [0.15, 0.2) is 5.69 Å². The van der Waals surface area contributed by atoms with Gasteiger partial charge in [-0.2, -0.15) is 18.3 Å². The van der Waals surface area contributed by atoms with Crippen molar-refractivity contribution in [3.8, 4) is 0 Å². The molecule has 3 aromatic rings. The number of benzene rings is 2. The Labute approximate surface area is 174 Å². The van der Waals surface area contributed by atoms with Crippen molar-refractivity contribution in [3.63, 3.8) is 0 Å². The third-order valence-electron chi connectivity index (χ3n) is 4.39. The maximum Gasteiger partial charge on any atom is 0.405 e. The van der Waals surface area contributed by atoms with Crippen molar-refractivity contribution in [1.82, 2.24) is 15.1 Å². The topological polar surface area (TPSA) is 93.1 Å². The molecule has 162 valence electrons. The largest absolute Gasteiger partial charge is 0.405 e. The number of alkyl halides is 3. The Morgan fingerprint density at radius 3 is 2.32 bits per heavy atom. The fourth-order valence-electron chi connectivity index (χ4n) is 3.01. The van der Waals surface area contributed by atoms with Gasteiger partial charge in [-0.1, -0.05) is 37.3 Å². The molecule has 0 unspecified atom stereocenters. The first-order chi connectivity index (χ1) is 14.7. The van der Waals surface area contributed by atoms with Gasteiger partial charge < -0.3 is 10.6 Å². The van der Waals surface area contributed by atoms with Crippen LogP contribution in [0.3, 0.4) is 0 Å². The number of fused-ring (bicyclic) bond motifs is 1. The summed E-state index contributed by atoms with van der Waals surface area (Å²) in [6, 6.07) is 12.2. The molecule has 2 aromatic carbocycles. The number of carbonyl (C=O) groups is 2. The second-order valence-corrected chi connectivity index (χ2v) is 6.72. The molecular weight excluding hydrogens is 413 g/mol. The van der Waals surface area contributed by atoms with E-state index in [-0.39, 0.29) is 22.5 Å². The Balaban J connectivity index is 1.96. The second kappa shape index (κ2) is 8.99. The Morgan fingerprint density at radius 2 is 1.65 bits per heavy atom. The van der Waals surface area contributed by atoms with Gasteiger partial charge >= 0.3 is 6.18 Å². The zero-order chi connectivity index (χ0) is 22.6. The molecule has 1 heterocycles. The molecule has 0 aliphatic rings. The molecule has 0 radical (unpaired) electrons. The van der Waals surface area contributed by atoms with Crippen molar-refractivity contribution in [1.29, 1.82) is 0 Å². The Kier molecular flexibility index (Phi) is 6.38. The average Bonchev–Trinajstić information content (AvgIpc) is 2.74. The number of aromatic nitrogens is 2. The van der Waals surface area contributed by atoms with Gasteiger partial charge in [0.25, 0.3) is 17.4 Å². The SMILES string of the molecule is CCCn1nc(C(=O)Nc2ccccc2C(=O)NCC(F)(F)F)c2ccccc2c1=O. The zero-order valence-electron chi connectivity index (χ0n) is 16.5. The van der Waals surface area contributed by atoms with Crippen LogP contribution in [0.5, 0.6) is 0 Å². The highest BCUT2D eigenvalue weighted by Gasteiger charge is 2.28. The van der Waals surface area contributed by atoms with Gasteiger partial charge in [0, 0.05) is 11.9 Å². The minimum Gasteiger partial charge on any atom is -0.343 e. The summed E-state index contributed by atoms with van der Waals surface area (Å²) in [4.78, 5) is 37.8. The summed E-state index contributed by atoms with van der Waals surface area (Å²) < 4.78 is 38.5. The molecule has 31 heavy (non-hydrogen) atoms. The number of hydrogen-bond donors (Lipinski definition) is 2. The lowest BCUT2D eigenvalue weighted by Crippen LogP contribution is -2.34. The van der Waals surface area contributed by atoms with E-state index in [0.29, 0.717) is 23.7 Å². The summed E-state index contributed by atoms with van der Waals surface area (Å²) in [5, 5.41) is 9.12. The van der Waals surface area contributed by atoms with Gasteiger partial charge in [-0.3, -0.25) is 14.4 Å². The van der Waals surface area contributed by atoms with Crippen molar-refractivity contribution in [2.45, 2.75) is 26.1 Å². The van der Waals surface area contributed by atoms with Crippen LogP contribution < -0.4 is 16.2 Å². The maximum absolute atomic E-state index is 13.0. The number of rotatable bonds is 6. The summed E-state index contributed by atoms with van der Waals surface area (Å²) in [6.07, 6.45) is -3.95. The van der Waals surface area contributed by atoms with Crippen LogP contribution in [-0.2, 0) is 6.54 Å². The number of halogens is 3. The van der Waals surface area contributed by atoms with Crippen LogP contribution in [0.15, 0.2) is 53.3 Å². The van der Waals surface area contributed by atoms with E-state index in [4.69, 9.17) is 0 Å². The number of para-hydroxylation sites is 1. The maximum atomic E-state index is 13.0. The van der Waals surface area contributed by atoms with E-state index < -0.39 is 24.5 Å². The molecule has 0 saturated carbocycles. The molecule has 10 heteroatoms. The molecule has 2 amide bonds. The smallest absolute Gasteiger partial charge is 0.343 e. The summed E-state index contributed by atoms with van der Waals surface area (Å²) in [7, 11) is 0. The molecular formula is C21H19F3N4O3. The summed E-state index contributed by atoms with van der Waals surface area (Å²) in [6.45, 7) is 0.668. The number of nitrogens with zero attached hydrogens (tertiary/aromatic N) is 2. The van der Waals surface area contributed by atoms with E-state index in [1.54, 1.807) is 29.6 Å². The second-order valence-electron chi connectivity index (χ2n) is 6.72. The number of aryl methyl sites for hydroxylation is 1. The van der Waals surface area contributed by atoms with Crippen molar-refractivity contribution in [2.24, 2.45) is 0 Å². The molecule has 7 nitrogen and oxygen atoms in total. The Morgan fingerprint density at radius 1 is 1.00 bits per heavy atom. The van der Waals surface area contributed by atoms with Gasteiger partial charge in [-0.15, -0.1) is 0 Å². The highest BCUT2D eigenvalue weighted by Crippen LogP contribution is 2.20. The highest BCUT2D eigenvalue weighted by molar-refractivity contribution is 6.13. The van der Waals surface area contributed by atoms with E-state index in [1.807, 2.05) is 6.92 Å². The molecule has 3 rings (SSSR count). The minimum absolute atomic E-state index is 0.0197. The molecule has 0 fully saturated rings. The average molecular weight is 432 g/mol. The number of anilines is 1. The van der Waals surface area contributed by atoms with Crippen LogP contribution in [0, 0.1) is 0 Å². The predicted octanol–water partition coefficient (Wildman–Crippen LogP) is 3.35. The lowest BCUT2D eigenvalue weighted by atomic mass is 10.1. The van der Waals surface area contributed by atoms with E-state index in [9.17, 15) is 27.6 Å². The number of amides is 2. The molecule has 1 aromatic heterocycles. The number of nitrogens with one attached hydrogen (secondary N) is 2. The quantitative estimate of drug-likeness (QED) is 0.625. The summed E-state index contributed by atoms with van der Waals surface area (Å²) in [5.74, 6) is -1.68. The monoisotopic (exact) mass is 432 g/mol. The molecule has 0 saturated heterocycles. The van der Waals surface area contributed by atoms with E-state index in [0.717, 1.165) is 0 Å². The summed E-state index contributed by atoms with van der Waals surface area (Å²) >= 11 is 0. The van der Waals surface area contributed by atoms with Crippen molar-refractivity contribution in [2.75, 3.05) is 11.9 Å². The van der Waals surface area contributed by atoms with Crippen LogP contribution in [-0.4, -0.2) is 34.3 Å². The third-order valence-corrected chi connectivity index (χ3v) is 4.39. The molecule has 0 bridgehead atoms. The third kappa shape index (κ3) is 5.08. The van der Waals surface area contributed by atoms with Crippen molar-refractivity contribution >= 4 is 28.3 Å². The molecule has 0 spiro atoms. The van der Waals surface area contributed by atoms with E-state index in [1.165, 1.54) is 28.9 Å². The standard InChI is InChI=1S/C21H19F3N4O3/c1-2-11-28-20(31)14-8-4-3-7-13(14)17(27-28)19(30)26-16-10-6-5-9-15(16)18(29)25-12-21(22,23)24/h3-10H,2,11-12H2,1H3,(H,25,29)(H,26,30). The Hall–Kier alpha value is -3.69. The normalized spacial score (nSPS) is 11.4. The van der Waals surface area contributed by atoms with Crippen LogP contribution in [0.1, 0.15) is 34.2 Å². The van der Waals surface area contributed by atoms with Crippen LogP contribution in [0.25, 0.3) is 10.8 Å². The minimum atomic E-state index is -4.57. The molecule has 2 N–H and O–H groups in total. The van der Waals surface area contributed by atoms with Gasteiger partial charge in [0.05, 0.1) is 16.6 Å². The van der Waals surface area contributed by atoms with Crippen molar-refractivity contribution in [3.05, 3.63) is 70.1 Å². The molecule has 0 atom stereocenters. The van der Waals surface area contributed by atoms with Gasteiger partial charge in [0.1, 0.15) is 6.54 Å². The lowest BCUT2D eigenvalue weighted by Gasteiger charge is -2.14. The molecule has 0 aliphatic heterocycles. The first kappa shape index (κ1) is 22.0. The van der Waals surface area contributed by atoms with Crippen molar-refractivity contribution < 1.29 is 22.8 Å². The number of carbonyl (C=O) groups excluding carboxylic acids is 2. The highest BCUT2D eigenvalue weighted by atomic mass is 19.4. The summed E-state index contributed by atoms with van der Waals surface area (Å²) in [5.41, 5.74) is -0.479. The lowest BCUT2D eigenvalue weighted by molar-refractivity contribution is -0.123. The fourth-order valence-corrected chi connectivity index (χ4v) is 3.01. The molecule has 0 aliphatic carbocycles. The first-order valence-electron chi connectivity index (χ1n) is 9.46. The van der Waals surface area contributed by atoms with Crippen LogP contribution in [0.2, 0.25) is 0 Å². The number of hydrogen-bond acceptors (Lipinski definition) is 4. The Bertz CT molecular complexity index is 1190. The van der Waals surface area contributed by atoms with Gasteiger partial charge in [-0.25, -0.2) is 4.68 Å². The van der Waals surface area contributed by atoms with Crippen LogP contribution >= 0.6 is 0 Å². The zero-order valence-corrected chi connectivity index (χ0v) is 16.5. The first-order valence-corrected chi connectivity index (χ1v) is 9.46. The van der Waals surface area contributed by atoms with Crippen LogP contribution in [0.4, 0.5) is 18.9 Å². The van der Waals surface area contributed by atoms with Gasteiger partial charge in [-0.05, 0) is 24.6 Å². The predicted molar refractivity (Wildman–Crippen MR) is 109 cm³/mol. The van der Waals surface area contributed by atoms with E-state index in [2.05, 4.69) is 10.4 Å². The van der Waals surface area contributed by atoms with Gasteiger partial charge in [0.2, 0.25) is 0 Å².